The number of ether oxygens (including phenoxy) is 2. The van der Waals surface area contributed by atoms with Crippen molar-refractivity contribution in [2.24, 2.45) is 5.73 Å². The Morgan fingerprint density at radius 1 is 1.00 bits per heavy atom. The van der Waals surface area contributed by atoms with Gasteiger partial charge in [0.25, 0.3) is 0 Å². The van der Waals surface area contributed by atoms with Crippen LogP contribution in [-0.4, -0.2) is 7.11 Å². The van der Waals surface area contributed by atoms with Crippen molar-refractivity contribution in [1.82, 2.24) is 0 Å². The maximum Gasteiger partial charge on any atom is 0.123 e. The van der Waals surface area contributed by atoms with Gasteiger partial charge >= 0.3 is 0 Å². The number of methoxy groups -OCH3 is 1. The lowest BCUT2D eigenvalue weighted by Crippen LogP contribution is -2.02. The van der Waals surface area contributed by atoms with E-state index in [2.05, 4.69) is 0 Å². The molecule has 0 atom stereocenters. The van der Waals surface area contributed by atoms with E-state index in [1.165, 1.54) is 0 Å². The predicted molar refractivity (Wildman–Crippen MR) is 80.8 cm³/mol. The summed E-state index contributed by atoms with van der Waals surface area (Å²) in [5.41, 5.74) is 8.86. The summed E-state index contributed by atoms with van der Waals surface area (Å²) in [5.74, 6) is 0.814. The van der Waals surface area contributed by atoms with Crippen LogP contribution in [0.5, 0.6) is 5.75 Å². The molecule has 0 spiro atoms. The van der Waals surface area contributed by atoms with E-state index >= 15 is 0 Å². The largest absolute Gasteiger partial charge is 0.496 e. The molecule has 0 radical (unpaired) electrons. The average molecular weight is 292 g/mol. The summed E-state index contributed by atoms with van der Waals surface area (Å²) < 4.78 is 10.9. The van der Waals surface area contributed by atoms with Crippen LogP contribution in [0.3, 0.4) is 0 Å². The van der Waals surface area contributed by atoms with Gasteiger partial charge in [0.1, 0.15) is 5.75 Å². The Morgan fingerprint density at radius 3 is 2.30 bits per heavy atom. The SMILES string of the molecule is COc1ccc(COCc2ccc(Cl)cc2)cc1CN. The zero-order chi connectivity index (χ0) is 14.4. The van der Waals surface area contributed by atoms with Gasteiger partial charge in [0.2, 0.25) is 0 Å². The van der Waals surface area contributed by atoms with Crippen LogP contribution in [0.25, 0.3) is 0 Å². The number of halogens is 1. The van der Waals surface area contributed by atoms with E-state index in [0.29, 0.717) is 19.8 Å². The minimum Gasteiger partial charge on any atom is -0.496 e. The molecule has 0 unspecified atom stereocenters. The summed E-state index contributed by atoms with van der Waals surface area (Å²) in [6.45, 7) is 1.55. The molecule has 2 N–H and O–H groups in total. The molecule has 0 saturated heterocycles. The first-order valence-corrected chi connectivity index (χ1v) is 6.78. The number of rotatable bonds is 6. The fourth-order valence-corrected chi connectivity index (χ4v) is 2.07. The van der Waals surface area contributed by atoms with Crippen molar-refractivity contribution in [3.05, 3.63) is 64.2 Å². The van der Waals surface area contributed by atoms with E-state index in [-0.39, 0.29) is 0 Å². The maximum absolute atomic E-state index is 5.84. The molecule has 3 nitrogen and oxygen atoms in total. The van der Waals surface area contributed by atoms with Gasteiger partial charge < -0.3 is 15.2 Å². The van der Waals surface area contributed by atoms with Gasteiger partial charge in [-0.05, 0) is 35.4 Å². The number of nitrogens with two attached hydrogens (primary N) is 1. The van der Waals surface area contributed by atoms with E-state index in [4.69, 9.17) is 26.8 Å². The fraction of sp³-hybridized carbons (Fsp3) is 0.250. The second kappa shape index (κ2) is 7.29. The third-order valence-electron chi connectivity index (χ3n) is 3.02. The molecule has 4 heteroatoms. The molecule has 0 amide bonds. The molecular formula is C16H18ClNO2. The minimum atomic E-state index is 0.453. The lowest BCUT2D eigenvalue weighted by Gasteiger charge is -2.10. The molecule has 2 rings (SSSR count). The Hall–Kier alpha value is -1.55. The van der Waals surface area contributed by atoms with Gasteiger partial charge in [-0.1, -0.05) is 29.8 Å². The molecule has 106 valence electrons. The first kappa shape index (κ1) is 14.9. The van der Waals surface area contributed by atoms with Crippen molar-refractivity contribution in [3.63, 3.8) is 0 Å². The molecule has 20 heavy (non-hydrogen) atoms. The molecule has 0 aliphatic heterocycles. The zero-order valence-corrected chi connectivity index (χ0v) is 12.2. The van der Waals surface area contributed by atoms with Gasteiger partial charge in [-0.25, -0.2) is 0 Å². The molecule has 2 aromatic carbocycles. The van der Waals surface area contributed by atoms with Crippen LogP contribution in [0.4, 0.5) is 0 Å². The lowest BCUT2D eigenvalue weighted by molar-refractivity contribution is 0.107. The van der Waals surface area contributed by atoms with Crippen LogP contribution in [0.1, 0.15) is 16.7 Å². The monoisotopic (exact) mass is 291 g/mol. The second-order valence-electron chi connectivity index (χ2n) is 4.47. The molecule has 0 aliphatic rings. The van der Waals surface area contributed by atoms with Crippen molar-refractivity contribution in [3.8, 4) is 5.75 Å². The summed E-state index contributed by atoms with van der Waals surface area (Å²) in [5, 5.41) is 0.733. The highest BCUT2D eigenvalue weighted by atomic mass is 35.5. The van der Waals surface area contributed by atoms with Gasteiger partial charge in [-0.2, -0.15) is 0 Å². The minimum absolute atomic E-state index is 0.453. The third kappa shape index (κ3) is 3.97. The van der Waals surface area contributed by atoms with Gasteiger partial charge in [0, 0.05) is 17.1 Å². The summed E-state index contributed by atoms with van der Waals surface area (Å²) in [6.07, 6.45) is 0. The lowest BCUT2D eigenvalue weighted by atomic mass is 10.1. The molecule has 0 aliphatic carbocycles. The van der Waals surface area contributed by atoms with Crippen molar-refractivity contribution in [1.29, 1.82) is 0 Å². The van der Waals surface area contributed by atoms with Crippen LogP contribution >= 0.6 is 11.6 Å². The molecule has 2 aromatic rings. The molecule has 0 saturated carbocycles. The first-order chi connectivity index (χ1) is 9.72. The van der Waals surface area contributed by atoms with Gasteiger partial charge in [-0.3, -0.25) is 0 Å². The van der Waals surface area contributed by atoms with Crippen LogP contribution in [0.2, 0.25) is 5.02 Å². The smallest absolute Gasteiger partial charge is 0.123 e. The normalized spacial score (nSPS) is 10.6. The van der Waals surface area contributed by atoms with Crippen LogP contribution in [-0.2, 0) is 24.5 Å². The summed E-state index contributed by atoms with van der Waals surface area (Å²) in [6, 6.07) is 13.6. The Labute approximate surface area is 124 Å². The Morgan fingerprint density at radius 2 is 1.65 bits per heavy atom. The molecule has 0 fully saturated rings. The highest BCUT2D eigenvalue weighted by molar-refractivity contribution is 6.30. The highest BCUT2D eigenvalue weighted by Gasteiger charge is 2.03. The van der Waals surface area contributed by atoms with Crippen LogP contribution < -0.4 is 10.5 Å². The quantitative estimate of drug-likeness (QED) is 0.885. The zero-order valence-electron chi connectivity index (χ0n) is 11.4. The van der Waals surface area contributed by atoms with E-state index in [1.54, 1.807) is 7.11 Å². The van der Waals surface area contributed by atoms with Gasteiger partial charge in [-0.15, -0.1) is 0 Å². The van der Waals surface area contributed by atoms with Gasteiger partial charge in [0.05, 0.1) is 20.3 Å². The topological polar surface area (TPSA) is 44.5 Å². The first-order valence-electron chi connectivity index (χ1n) is 6.41. The third-order valence-corrected chi connectivity index (χ3v) is 3.27. The number of benzene rings is 2. The fourth-order valence-electron chi connectivity index (χ4n) is 1.95. The van der Waals surface area contributed by atoms with Crippen molar-refractivity contribution in [2.45, 2.75) is 19.8 Å². The molecule has 0 aromatic heterocycles. The molecule has 0 heterocycles. The van der Waals surface area contributed by atoms with Crippen LogP contribution in [0, 0.1) is 0 Å². The second-order valence-corrected chi connectivity index (χ2v) is 4.91. The maximum atomic E-state index is 5.84. The van der Waals surface area contributed by atoms with E-state index in [0.717, 1.165) is 27.5 Å². The molecule has 0 bridgehead atoms. The standard InChI is InChI=1S/C16H18ClNO2/c1-19-16-7-4-13(8-14(16)9-18)11-20-10-12-2-5-15(17)6-3-12/h2-8H,9-11,18H2,1H3. The summed E-state index contributed by atoms with van der Waals surface area (Å²) >= 11 is 5.84. The van der Waals surface area contributed by atoms with Gasteiger partial charge in [0.15, 0.2) is 0 Å². The van der Waals surface area contributed by atoms with Crippen molar-refractivity contribution >= 4 is 11.6 Å². The van der Waals surface area contributed by atoms with E-state index in [9.17, 15) is 0 Å². The summed E-state index contributed by atoms with van der Waals surface area (Å²) in [7, 11) is 1.64. The molecular weight excluding hydrogens is 274 g/mol. The van der Waals surface area contributed by atoms with Crippen molar-refractivity contribution in [2.75, 3.05) is 7.11 Å². The van der Waals surface area contributed by atoms with Crippen LogP contribution in [0.15, 0.2) is 42.5 Å². The number of hydrogen-bond donors (Lipinski definition) is 1. The highest BCUT2D eigenvalue weighted by Crippen LogP contribution is 2.20. The number of hydrogen-bond acceptors (Lipinski definition) is 3. The van der Waals surface area contributed by atoms with Crippen molar-refractivity contribution < 1.29 is 9.47 Å². The Balaban J connectivity index is 1.92. The average Bonchev–Trinajstić information content (AvgIpc) is 2.49. The van der Waals surface area contributed by atoms with E-state index < -0.39 is 0 Å². The summed E-state index contributed by atoms with van der Waals surface area (Å²) in [4.78, 5) is 0. The predicted octanol–water partition coefficient (Wildman–Crippen LogP) is 3.52. The Kier molecular flexibility index (Phi) is 5.41. The van der Waals surface area contributed by atoms with E-state index in [1.807, 2.05) is 42.5 Å². The Bertz CT molecular complexity index is 555.